The monoisotopic (exact) mass is 295 g/mol. The lowest BCUT2D eigenvalue weighted by Crippen LogP contribution is -2.10. The van der Waals surface area contributed by atoms with E-state index in [-0.39, 0.29) is 11.6 Å². The number of hydrogen-bond acceptors (Lipinski definition) is 3. The van der Waals surface area contributed by atoms with E-state index in [4.69, 9.17) is 0 Å². The van der Waals surface area contributed by atoms with Gasteiger partial charge in [-0.3, -0.25) is 0 Å². The quantitative estimate of drug-likeness (QED) is 0.893. The Balaban J connectivity index is 2.22. The van der Waals surface area contributed by atoms with Crippen molar-refractivity contribution >= 4 is 11.6 Å². The molecule has 0 atom stereocenters. The second kappa shape index (κ2) is 6.03. The zero-order valence-corrected chi connectivity index (χ0v) is 11.8. The second-order valence-electron chi connectivity index (χ2n) is 4.65. The standard InChI is InChI=1S/C15H16F3N3/c1-10-5-3-4-6-11(10)9-20-14-8-12(15(16,17)18)7-13(19-2)21-14/h3-8H,9H2,1-2H3,(H2,19,20,21). The third-order valence-corrected chi connectivity index (χ3v) is 3.13. The Morgan fingerprint density at radius 2 is 1.76 bits per heavy atom. The lowest BCUT2D eigenvalue weighted by atomic mass is 10.1. The van der Waals surface area contributed by atoms with Crippen molar-refractivity contribution in [2.75, 3.05) is 17.7 Å². The summed E-state index contributed by atoms with van der Waals surface area (Å²) in [4.78, 5) is 4.09. The average Bonchev–Trinajstić information content (AvgIpc) is 2.45. The van der Waals surface area contributed by atoms with Crippen LogP contribution in [0, 0.1) is 6.92 Å². The molecule has 0 spiro atoms. The molecule has 2 rings (SSSR count). The van der Waals surface area contributed by atoms with Gasteiger partial charge in [-0.05, 0) is 30.2 Å². The molecule has 6 heteroatoms. The summed E-state index contributed by atoms with van der Waals surface area (Å²) in [5.74, 6) is 0.370. The van der Waals surface area contributed by atoms with Crippen molar-refractivity contribution in [3.05, 3.63) is 53.1 Å². The highest BCUT2D eigenvalue weighted by molar-refractivity contribution is 5.50. The average molecular weight is 295 g/mol. The largest absolute Gasteiger partial charge is 0.416 e. The Morgan fingerprint density at radius 3 is 2.38 bits per heavy atom. The minimum atomic E-state index is -4.40. The van der Waals surface area contributed by atoms with Crippen LogP contribution in [0.4, 0.5) is 24.8 Å². The number of nitrogens with one attached hydrogen (secondary N) is 2. The van der Waals surface area contributed by atoms with Crippen molar-refractivity contribution in [2.45, 2.75) is 19.6 Å². The van der Waals surface area contributed by atoms with Crippen molar-refractivity contribution in [3.63, 3.8) is 0 Å². The van der Waals surface area contributed by atoms with E-state index in [2.05, 4.69) is 15.6 Å². The number of pyridine rings is 1. The molecule has 1 heterocycles. The summed E-state index contributed by atoms with van der Waals surface area (Å²) in [6.07, 6.45) is -4.40. The van der Waals surface area contributed by atoms with Gasteiger partial charge in [-0.25, -0.2) is 4.98 Å². The molecule has 0 saturated heterocycles. The van der Waals surface area contributed by atoms with Crippen LogP contribution in [0.3, 0.4) is 0 Å². The van der Waals surface area contributed by atoms with Gasteiger partial charge in [0.25, 0.3) is 0 Å². The van der Waals surface area contributed by atoms with Crippen LogP contribution in [0.5, 0.6) is 0 Å². The van der Waals surface area contributed by atoms with E-state index in [1.54, 1.807) is 0 Å². The zero-order valence-electron chi connectivity index (χ0n) is 11.8. The predicted molar refractivity (Wildman–Crippen MR) is 77.3 cm³/mol. The van der Waals surface area contributed by atoms with E-state index in [1.165, 1.54) is 7.05 Å². The molecule has 0 aliphatic heterocycles. The zero-order chi connectivity index (χ0) is 15.5. The molecular weight excluding hydrogens is 279 g/mol. The SMILES string of the molecule is CNc1cc(C(F)(F)F)cc(NCc2ccccc2C)n1. The summed E-state index contributed by atoms with van der Waals surface area (Å²) in [6, 6.07) is 9.69. The maximum absolute atomic E-state index is 12.8. The lowest BCUT2D eigenvalue weighted by molar-refractivity contribution is -0.137. The normalized spacial score (nSPS) is 11.3. The third kappa shape index (κ3) is 3.87. The summed E-state index contributed by atoms with van der Waals surface area (Å²) in [6.45, 7) is 2.37. The minimum absolute atomic E-state index is 0.178. The minimum Gasteiger partial charge on any atom is -0.373 e. The maximum Gasteiger partial charge on any atom is 0.416 e. The van der Waals surface area contributed by atoms with Gasteiger partial charge >= 0.3 is 6.18 Å². The van der Waals surface area contributed by atoms with Gasteiger partial charge in [-0.1, -0.05) is 24.3 Å². The van der Waals surface area contributed by atoms with Gasteiger partial charge in [-0.15, -0.1) is 0 Å². The van der Waals surface area contributed by atoms with Crippen LogP contribution in [-0.2, 0) is 12.7 Å². The number of benzene rings is 1. The van der Waals surface area contributed by atoms with Crippen LogP contribution in [0.15, 0.2) is 36.4 Å². The first-order valence-corrected chi connectivity index (χ1v) is 6.45. The maximum atomic E-state index is 12.8. The molecule has 0 amide bonds. The smallest absolute Gasteiger partial charge is 0.373 e. The van der Waals surface area contributed by atoms with Crippen LogP contribution in [0.1, 0.15) is 16.7 Å². The Labute approximate surface area is 121 Å². The molecule has 0 radical (unpaired) electrons. The predicted octanol–water partition coefficient (Wildman–Crippen LogP) is 4.06. The van der Waals surface area contributed by atoms with Crippen LogP contribution in [0.2, 0.25) is 0 Å². The molecule has 0 aliphatic carbocycles. The van der Waals surface area contributed by atoms with Gasteiger partial charge in [-0.2, -0.15) is 13.2 Å². The van der Waals surface area contributed by atoms with Crippen LogP contribution in [0.25, 0.3) is 0 Å². The fourth-order valence-corrected chi connectivity index (χ4v) is 1.91. The first kappa shape index (κ1) is 15.2. The van der Waals surface area contributed by atoms with E-state index < -0.39 is 11.7 Å². The second-order valence-corrected chi connectivity index (χ2v) is 4.65. The fourth-order valence-electron chi connectivity index (χ4n) is 1.91. The molecular formula is C15H16F3N3. The number of alkyl halides is 3. The molecule has 1 aromatic heterocycles. The molecule has 112 valence electrons. The number of nitrogens with zero attached hydrogens (tertiary/aromatic N) is 1. The van der Waals surface area contributed by atoms with Gasteiger partial charge in [0.2, 0.25) is 0 Å². The number of rotatable bonds is 4. The lowest BCUT2D eigenvalue weighted by Gasteiger charge is -2.13. The summed E-state index contributed by atoms with van der Waals surface area (Å²) >= 11 is 0. The number of hydrogen-bond donors (Lipinski definition) is 2. The Kier molecular flexibility index (Phi) is 4.35. The van der Waals surface area contributed by atoms with Crippen molar-refractivity contribution in [1.29, 1.82) is 0 Å². The molecule has 0 unspecified atom stereocenters. The fraction of sp³-hybridized carbons (Fsp3) is 0.267. The number of anilines is 2. The van der Waals surface area contributed by atoms with Crippen molar-refractivity contribution in [2.24, 2.45) is 0 Å². The van der Waals surface area contributed by atoms with E-state index >= 15 is 0 Å². The van der Waals surface area contributed by atoms with E-state index in [0.717, 1.165) is 23.3 Å². The highest BCUT2D eigenvalue weighted by atomic mass is 19.4. The molecule has 1 aromatic carbocycles. The van der Waals surface area contributed by atoms with E-state index in [0.29, 0.717) is 6.54 Å². The van der Waals surface area contributed by atoms with Gasteiger partial charge in [0.15, 0.2) is 0 Å². The molecule has 2 aromatic rings. The number of aromatic nitrogens is 1. The van der Waals surface area contributed by atoms with Gasteiger partial charge < -0.3 is 10.6 Å². The first-order chi connectivity index (χ1) is 9.90. The summed E-state index contributed by atoms with van der Waals surface area (Å²) in [5, 5.41) is 5.58. The highest BCUT2D eigenvalue weighted by Crippen LogP contribution is 2.32. The number of aryl methyl sites for hydroxylation is 1. The summed E-state index contributed by atoms with van der Waals surface area (Å²) < 4.78 is 38.5. The van der Waals surface area contributed by atoms with Crippen LogP contribution in [-0.4, -0.2) is 12.0 Å². The first-order valence-electron chi connectivity index (χ1n) is 6.45. The molecule has 0 saturated carbocycles. The molecule has 0 aliphatic rings. The molecule has 2 N–H and O–H groups in total. The molecule has 0 fully saturated rings. The van der Waals surface area contributed by atoms with Crippen LogP contribution >= 0.6 is 0 Å². The van der Waals surface area contributed by atoms with Gasteiger partial charge in [0.1, 0.15) is 11.6 Å². The van der Waals surface area contributed by atoms with Gasteiger partial charge in [0.05, 0.1) is 5.56 Å². The summed E-state index contributed by atoms with van der Waals surface area (Å²) in [5.41, 5.74) is 1.36. The third-order valence-electron chi connectivity index (χ3n) is 3.13. The van der Waals surface area contributed by atoms with Gasteiger partial charge in [0, 0.05) is 13.6 Å². The van der Waals surface area contributed by atoms with E-state index in [9.17, 15) is 13.2 Å². The van der Waals surface area contributed by atoms with Crippen molar-refractivity contribution in [3.8, 4) is 0 Å². The molecule has 3 nitrogen and oxygen atoms in total. The Bertz CT molecular complexity index is 624. The molecule has 0 bridgehead atoms. The molecule has 21 heavy (non-hydrogen) atoms. The van der Waals surface area contributed by atoms with Crippen molar-refractivity contribution in [1.82, 2.24) is 4.98 Å². The Hall–Kier alpha value is -2.24. The topological polar surface area (TPSA) is 37.0 Å². The number of halogens is 3. The Morgan fingerprint density at radius 1 is 1.10 bits per heavy atom. The van der Waals surface area contributed by atoms with E-state index in [1.807, 2.05) is 31.2 Å². The van der Waals surface area contributed by atoms with Crippen LogP contribution < -0.4 is 10.6 Å². The summed E-state index contributed by atoms with van der Waals surface area (Å²) in [7, 11) is 1.54. The highest BCUT2D eigenvalue weighted by Gasteiger charge is 2.31. The van der Waals surface area contributed by atoms with Crippen molar-refractivity contribution < 1.29 is 13.2 Å².